The summed E-state index contributed by atoms with van der Waals surface area (Å²) in [5, 5.41) is 34.7. The highest BCUT2D eigenvalue weighted by Gasteiger charge is 2.45. The van der Waals surface area contributed by atoms with E-state index in [1.165, 1.54) is 57.8 Å². The number of ketones is 1. The van der Waals surface area contributed by atoms with Crippen LogP contribution in [-0.2, 0) is 23.8 Å². The van der Waals surface area contributed by atoms with Crippen molar-refractivity contribution in [2.45, 2.75) is 198 Å². The number of allylic oxidation sites excluding steroid dienone is 2. The number of ether oxygens (including phenoxy) is 3. The van der Waals surface area contributed by atoms with Crippen molar-refractivity contribution in [2.75, 3.05) is 86.2 Å². The van der Waals surface area contributed by atoms with Crippen molar-refractivity contribution in [3.05, 3.63) is 23.8 Å². The quantitative estimate of drug-likeness (QED) is 0.150. The van der Waals surface area contributed by atoms with Gasteiger partial charge in [0, 0.05) is 36.5 Å². The van der Waals surface area contributed by atoms with Crippen LogP contribution in [0.25, 0.3) is 0 Å². The van der Waals surface area contributed by atoms with Crippen LogP contribution in [0.4, 0.5) is 0 Å². The summed E-state index contributed by atoms with van der Waals surface area (Å²) in [6.07, 6.45) is 19.3. The zero-order chi connectivity index (χ0) is 47.9. The minimum Gasteiger partial charge on any atom is -0.465 e. The van der Waals surface area contributed by atoms with Gasteiger partial charge in [-0.3, -0.25) is 9.59 Å². The third kappa shape index (κ3) is 16.6. The van der Waals surface area contributed by atoms with Crippen LogP contribution < -0.4 is 0 Å². The lowest BCUT2D eigenvalue weighted by atomic mass is 9.75. The van der Waals surface area contributed by atoms with Gasteiger partial charge in [-0.05, 0) is 208 Å². The smallest absolute Gasteiger partial charge is 0.308 e. The maximum absolute atomic E-state index is 14.9. The first-order valence-corrected chi connectivity index (χ1v) is 27.3. The Hall–Kier alpha value is -1.78. The first kappa shape index (κ1) is 54.6. The molecule has 6 aliphatic rings. The van der Waals surface area contributed by atoms with Crippen LogP contribution in [0.5, 0.6) is 0 Å². The molecule has 13 atom stereocenters. The molecule has 13 heteroatoms. The van der Waals surface area contributed by atoms with E-state index in [-0.39, 0.29) is 67.1 Å². The fourth-order valence-corrected chi connectivity index (χ4v) is 12.6. The Morgan fingerprint density at radius 1 is 0.731 bits per heavy atom. The molecule has 384 valence electrons. The molecule has 0 radical (unpaired) electrons. The topological polar surface area (TPSA) is 139 Å². The van der Waals surface area contributed by atoms with E-state index in [9.17, 15) is 24.9 Å². The monoisotopic (exact) mass is 942 g/mol. The zero-order valence-corrected chi connectivity index (χ0v) is 42.9. The number of carbonyl (C=O) groups is 2. The van der Waals surface area contributed by atoms with Gasteiger partial charge in [0.05, 0.1) is 44.0 Å². The summed E-state index contributed by atoms with van der Waals surface area (Å²) in [6, 6.07) is 0.224. The maximum Gasteiger partial charge on any atom is 0.308 e. The first-order chi connectivity index (χ1) is 32.3. The molecule has 6 aliphatic heterocycles. The van der Waals surface area contributed by atoms with Gasteiger partial charge in [-0.2, -0.15) is 0 Å². The van der Waals surface area contributed by atoms with Gasteiger partial charge in [0.1, 0.15) is 6.10 Å². The summed E-state index contributed by atoms with van der Waals surface area (Å²) in [7, 11) is 3.68. The molecule has 0 aromatic carbocycles. The Bertz CT molecular complexity index is 1520. The number of aliphatic hydroxyl groups is 3. The highest BCUT2D eigenvalue weighted by atomic mass is 16.7. The van der Waals surface area contributed by atoms with Crippen molar-refractivity contribution in [1.29, 1.82) is 0 Å². The van der Waals surface area contributed by atoms with Crippen molar-refractivity contribution < 1.29 is 39.1 Å². The molecule has 0 aromatic heterocycles. The van der Waals surface area contributed by atoms with Gasteiger partial charge in [-0.25, -0.2) is 0 Å². The third-order valence-corrected chi connectivity index (χ3v) is 16.8. The maximum atomic E-state index is 14.9. The van der Waals surface area contributed by atoms with Crippen molar-refractivity contribution in [3.63, 3.8) is 0 Å². The number of nitrogens with zero attached hydrogens (tertiary/aromatic N) is 5. The number of carbonyl (C=O) groups excluding carboxylic acids is 2. The van der Waals surface area contributed by atoms with Crippen molar-refractivity contribution >= 4 is 11.8 Å². The van der Waals surface area contributed by atoms with Gasteiger partial charge >= 0.3 is 5.97 Å². The Morgan fingerprint density at radius 3 is 1.90 bits per heavy atom. The fourth-order valence-electron chi connectivity index (χ4n) is 12.6. The van der Waals surface area contributed by atoms with Gasteiger partial charge in [0.15, 0.2) is 12.1 Å². The number of aliphatic hydroxyl groups excluding tert-OH is 3. The summed E-state index contributed by atoms with van der Waals surface area (Å²) >= 11 is 0. The molecule has 67 heavy (non-hydrogen) atoms. The van der Waals surface area contributed by atoms with Crippen LogP contribution in [-0.4, -0.2) is 193 Å². The number of hydrogen-bond donors (Lipinski definition) is 3. The van der Waals surface area contributed by atoms with E-state index in [1.54, 1.807) is 6.92 Å². The van der Waals surface area contributed by atoms with Crippen molar-refractivity contribution in [1.82, 2.24) is 24.5 Å². The molecule has 5 saturated heterocycles. The highest BCUT2D eigenvalue weighted by Crippen LogP contribution is 2.36. The van der Waals surface area contributed by atoms with E-state index in [1.807, 2.05) is 25.1 Å². The van der Waals surface area contributed by atoms with Gasteiger partial charge < -0.3 is 54.0 Å². The van der Waals surface area contributed by atoms with Crippen LogP contribution in [0.15, 0.2) is 23.8 Å². The molecule has 0 bridgehead atoms. The van der Waals surface area contributed by atoms with Gasteiger partial charge in [0.25, 0.3) is 0 Å². The number of piperidine rings is 3. The third-order valence-electron chi connectivity index (χ3n) is 16.8. The largest absolute Gasteiger partial charge is 0.465 e. The second-order valence-electron chi connectivity index (χ2n) is 22.2. The molecule has 6 rings (SSSR count). The van der Waals surface area contributed by atoms with E-state index >= 15 is 0 Å². The molecule has 0 aromatic rings. The molecule has 13 nitrogen and oxygen atoms in total. The number of likely N-dealkylation sites (tertiary alicyclic amines) is 4. The number of cyclic esters (lactones) is 1. The van der Waals surface area contributed by atoms with E-state index in [2.05, 4.69) is 52.5 Å². The molecule has 6 heterocycles. The molecule has 0 aliphatic carbocycles. The normalized spacial score (nSPS) is 36.3. The molecule has 0 saturated carbocycles. The Labute approximate surface area is 406 Å². The summed E-state index contributed by atoms with van der Waals surface area (Å²) in [6.45, 7) is 18.4. The predicted molar refractivity (Wildman–Crippen MR) is 266 cm³/mol. The standard InChI is InChI=1S/C54H95N5O8/c1-39(57-25-10-7-11-26-57)32-43-18-21-48(60)46(33-40(2)58-27-12-8-13-28-58)20-19-45(22-31-65-54-53(64)51(55(5)6)52(63)42(4)67-54)47(34-41(3)59-29-14-9-15-30-59)49(61)36-50(62)66-38-44(35-43)37-56-23-16-17-24-56/h18,21,35,39-42,44-47,49,51-54,61,63-64H,7-17,19-20,22-34,36-38H2,1-6H3/b21-18+,43-35-/t39?,40?,41?,42-,44-,45+,46-,47+,49-,51+,52-,53-,54-/m1/s1. The SMILES string of the molecule is CC(CC1=C\[C@H](CN2CCCC2)COC(=O)C[C@@H](O)[C@@H](CC(C)N2CCCCC2)[C@H](CCO[C@@H]2O[C@H](C)[C@@H](O)[C@H](N(C)C)[C@H]2O)CC[C@H](CC(C)N2CCCCC2)C(=O)\C=C\1)N1CCCCC1. The van der Waals surface area contributed by atoms with Crippen LogP contribution in [0.2, 0.25) is 0 Å². The van der Waals surface area contributed by atoms with E-state index in [0.717, 1.165) is 90.2 Å². The Morgan fingerprint density at radius 2 is 1.30 bits per heavy atom. The molecule has 5 fully saturated rings. The van der Waals surface area contributed by atoms with E-state index in [4.69, 9.17) is 14.2 Å². The summed E-state index contributed by atoms with van der Waals surface area (Å²) in [4.78, 5) is 41.0. The summed E-state index contributed by atoms with van der Waals surface area (Å²) in [5.41, 5.74) is 1.13. The molecular formula is C54H95N5O8. The van der Waals surface area contributed by atoms with Crippen LogP contribution in [0.1, 0.15) is 143 Å². The average Bonchev–Trinajstić information content (AvgIpc) is 3.84. The highest BCUT2D eigenvalue weighted by molar-refractivity contribution is 5.92. The number of hydrogen-bond acceptors (Lipinski definition) is 13. The zero-order valence-electron chi connectivity index (χ0n) is 42.9. The van der Waals surface area contributed by atoms with Gasteiger partial charge in [0.2, 0.25) is 0 Å². The molecule has 0 amide bonds. The van der Waals surface area contributed by atoms with Crippen molar-refractivity contribution in [2.24, 2.45) is 23.7 Å². The van der Waals surface area contributed by atoms with Crippen LogP contribution >= 0.6 is 0 Å². The number of rotatable bonds is 16. The Kier molecular flexibility index (Phi) is 22.6. The van der Waals surface area contributed by atoms with E-state index in [0.29, 0.717) is 31.7 Å². The molecular weight excluding hydrogens is 847 g/mol. The van der Waals surface area contributed by atoms with Crippen molar-refractivity contribution in [3.8, 4) is 0 Å². The second kappa shape index (κ2) is 27.7. The first-order valence-electron chi connectivity index (χ1n) is 27.3. The van der Waals surface area contributed by atoms with Gasteiger partial charge in [-0.1, -0.05) is 31.4 Å². The van der Waals surface area contributed by atoms with Crippen LogP contribution in [0.3, 0.4) is 0 Å². The van der Waals surface area contributed by atoms with E-state index < -0.39 is 36.7 Å². The lowest BCUT2D eigenvalue weighted by Crippen LogP contribution is -2.62. The predicted octanol–water partition coefficient (Wildman–Crippen LogP) is 6.28. The van der Waals surface area contributed by atoms with Crippen LogP contribution in [0, 0.1) is 23.7 Å². The summed E-state index contributed by atoms with van der Waals surface area (Å²) in [5.74, 6) is -0.803. The summed E-state index contributed by atoms with van der Waals surface area (Å²) < 4.78 is 18.7. The minimum atomic E-state index is -1.06. The second-order valence-corrected chi connectivity index (χ2v) is 22.2. The molecule has 3 unspecified atom stereocenters. The lowest BCUT2D eigenvalue weighted by Gasteiger charge is -2.44. The number of likely N-dealkylation sites (N-methyl/N-ethyl adjacent to an activating group) is 1. The van der Waals surface area contributed by atoms with Gasteiger partial charge in [-0.15, -0.1) is 0 Å². The Balaban J connectivity index is 1.32. The fraction of sp³-hybridized carbons (Fsp3) is 0.889. The average molecular weight is 942 g/mol. The molecule has 3 N–H and O–H groups in total. The minimum absolute atomic E-state index is 0.0431. The lowest BCUT2D eigenvalue weighted by molar-refractivity contribution is -0.281. The number of esters is 1. The molecule has 0 spiro atoms.